The van der Waals surface area contributed by atoms with Crippen molar-refractivity contribution in [1.82, 2.24) is 10.4 Å². The van der Waals surface area contributed by atoms with Crippen molar-refractivity contribution in [1.29, 1.82) is 0 Å². The number of hydrogen-bond acceptors (Lipinski definition) is 4. The van der Waals surface area contributed by atoms with Crippen molar-refractivity contribution >= 4 is 6.21 Å². The van der Waals surface area contributed by atoms with Crippen LogP contribution in [0.1, 0.15) is 11.3 Å². The molecule has 0 atom stereocenters. The summed E-state index contributed by atoms with van der Waals surface area (Å²) in [5.41, 5.74) is 4.47. The van der Waals surface area contributed by atoms with Crippen LogP contribution in [-0.4, -0.2) is 16.3 Å². The van der Waals surface area contributed by atoms with Crippen LogP contribution in [0.2, 0.25) is 0 Å². The third-order valence-corrected chi connectivity index (χ3v) is 2.22. The van der Waals surface area contributed by atoms with Gasteiger partial charge in [0.1, 0.15) is 5.75 Å². The lowest BCUT2D eigenvalue weighted by Crippen LogP contribution is -2.06. The van der Waals surface area contributed by atoms with Gasteiger partial charge in [-0.3, -0.25) is 4.98 Å². The summed E-state index contributed by atoms with van der Waals surface area (Å²) in [7, 11) is 0. The number of rotatable bonds is 4. The number of aromatic nitrogens is 1. The zero-order valence-electron chi connectivity index (χ0n) is 9.24. The number of para-hydroxylation sites is 1. The van der Waals surface area contributed by atoms with Crippen molar-refractivity contribution in [2.45, 2.75) is 6.54 Å². The molecule has 0 unspecified atom stereocenters. The predicted molar refractivity (Wildman–Crippen MR) is 66.8 cm³/mol. The van der Waals surface area contributed by atoms with E-state index in [1.807, 2.05) is 24.3 Å². The van der Waals surface area contributed by atoms with Crippen LogP contribution < -0.4 is 5.43 Å². The smallest absolute Gasteiger partial charge is 0.124 e. The maximum Gasteiger partial charge on any atom is 0.124 e. The summed E-state index contributed by atoms with van der Waals surface area (Å²) in [6.07, 6.45) is 3.32. The largest absolute Gasteiger partial charge is 0.507 e. The molecule has 0 aliphatic carbocycles. The van der Waals surface area contributed by atoms with Gasteiger partial charge in [0, 0.05) is 11.8 Å². The molecule has 0 saturated heterocycles. The summed E-state index contributed by atoms with van der Waals surface area (Å²) in [6.45, 7) is 0.560. The molecule has 0 amide bonds. The molecule has 1 heterocycles. The molecule has 1 aromatic carbocycles. The van der Waals surface area contributed by atoms with Gasteiger partial charge in [0.25, 0.3) is 0 Å². The van der Waals surface area contributed by atoms with E-state index in [0.29, 0.717) is 12.1 Å². The first kappa shape index (κ1) is 11.1. The van der Waals surface area contributed by atoms with Crippen LogP contribution >= 0.6 is 0 Å². The fourth-order valence-electron chi connectivity index (χ4n) is 1.34. The molecule has 86 valence electrons. The number of phenolic OH excluding ortho intramolecular Hbond substituents is 1. The van der Waals surface area contributed by atoms with E-state index in [0.717, 1.165) is 5.69 Å². The molecule has 17 heavy (non-hydrogen) atoms. The number of pyridine rings is 1. The minimum absolute atomic E-state index is 0.218. The van der Waals surface area contributed by atoms with Gasteiger partial charge in [0.2, 0.25) is 0 Å². The number of nitrogens with one attached hydrogen (secondary N) is 1. The topological polar surface area (TPSA) is 57.5 Å². The third-order valence-electron chi connectivity index (χ3n) is 2.22. The van der Waals surface area contributed by atoms with Crippen molar-refractivity contribution in [2.75, 3.05) is 0 Å². The van der Waals surface area contributed by atoms with Gasteiger partial charge >= 0.3 is 0 Å². The van der Waals surface area contributed by atoms with Gasteiger partial charge < -0.3 is 10.5 Å². The number of nitrogens with zero attached hydrogens (tertiary/aromatic N) is 2. The second-order valence-electron chi connectivity index (χ2n) is 3.47. The lowest BCUT2D eigenvalue weighted by Gasteiger charge is -2.00. The Morgan fingerprint density at radius 2 is 2.00 bits per heavy atom. The fourth-order valence-corrected chi connectivity index (χ4v) is 1.34. The quantitative estimate of drug-likeness (QED) is 0.619. The molecule has 4 heteroatoms. The molecule has 2 aromatic rings. The lowest BCUT2D eigenvalue weighted by atomic mass is 10.2. The Bertz CT molecular complexity index is 497. The van der Waals surface area contributed by atoms with E-state index in [2.05, 4.69) is 15.5 Å². The first-order valence-corrected chi connectivity index (χ1v) is 5.30. The molecule has 0 saturated carbocycles. The molecule has 0 fully saturated rings. The van der Waals surface area contributed by atoms with Gasteiger partial charge in [-0.25, -0.2) is 0 Å². The van der Waals surface area contributed by atoms with E-state index in [1.165, 1.54) is 0 Å². The maximum atomic E-state index is 9.50. The summed E-state index contributed by atoms with van der Waals surface area (Å²) < 4.78 is 0. The minimum Gasteiger partial charge on any atom is -0.507 e. The molecule has 2 rings (SSSR count). The molecule has 4 nitrogen and oxygen atoms in total. The zero-order chi connectivity index (χ0) is 11.9. The molecule has 0 bridgehead atoms. The summed E-state index contributed by atoms with van der Waals surface area (Å²) in [5, 5.41) is 13.5. The van der Waals surface area contributed by atoms with Crippen LogP contribution in [0.5, 0.6) is 5.75 Å². The monoisotopic (exact) mass is 227 g/mol. The van der Waals surface area contributed by atoms with E-state index >= 15 is 0 Å². The molecule has 0 spiro atoms. The van der Waals surface area contributed by atoms with Crippen LogP contribution in [0.25, 0.3) is 0 Å². The van der Waals surface area contributed by atoms with Crippen molar-refractivity contribution in [3.63, 3.8) is 0 Å². The molecular weight excluding hydrogens is 214 g/mol. The highest BCUT2D eigenvalue weighted by Crippen LogP contribution is 2.12. The van der Waals surface area contributed by atoms with Gasteiger partial charge in [0.05, 0.1) is 18.5 Å². The number of hydrazone groups is 1. The standard InChI is InChI=1S/C13H13N3O/c17-13-7-2-1-5-11(13)9-15-16-10-12-6-3-4-8-14-12/h1-9,16-17H,10H2. The Hall–Kier alpha value is -2.36. The first-order valence-electron chi connectivity index (χ1n) is 5.30. The lowest BCUT2D eigenvalue weighted by molar-refractivity contribution is 0.474. The van der Waals surface area contributed by atoms with Crippen LogP contribution in [0.3, 0.4) is 0 Å². The van der Waals surface area contributed by atoms with E-state index < -0.39 is 0 Å². The molecule has 0 aliphatic rings. The van der Waals surface area contributed by atoms with Gasteiger partial charge in [-0.05, 0) is 24.3 Å². The Morgan fingerprint density at radius 3 is 2.76 bits per heavy atom. The summed E-state index contributed by atoms with van der Waals surface area (Å²) in [6, 6.07) is 12.8. The van der Waals surface area contributed by atoms with E-state index in [1.54, 1.807) is 30.6 Å². The van der Waals surface area contributed by atoms with E-state index in [-0.39, 0.29) is 5.75 Å². The Labute approximate surface area is 99.6 Å². The van der Waals surface area contributed by atoms with E-state index in [4.69, 9.17) is 0 Å². The SMILES string of the molecule is Oc1ccccc1C=NNCc1ccccn1. The van der Waals surface area contributed by atoms with Gasteiger partial charge in [-0.1, -0.05) is 18.2 Å². The van der Waals surface area contributed by atoms with Gasteiger partial charge in [-0.15, -0.1) is 0 Å². The summed E-state index contributed by atoms with van der Waals surface area (Å²) in [5.74, 6) is 0.218. The van der Waals surface area contributed by atoms with Gasteiger partial charge in [0.15, 0.2) is 0 Å². The minimum atomic E-state index is 0.218. The number of phenols is 1. The molecule has 0 radical (unpaired) electrons. The third kappa shape index (κ3) is 3.31. The van der Waals surface area contributed by atoms with Crippen molar-refractivity contribution < 1.29 is 5.11 Å². The number of benzene rings is 1. The first-order chi connectivity index (χ1) is 8.36. The number of hydrogen-bond donors (Lipinski definition) is 2. The Kier molecular flexibility index (Phi) is 3.70. The summed E-state index contributed by atoms with van der Waals surface area (Å²) >= 11 is 0. The van der Waals surface area contributed by atoms with Crippen LogP contribution in [0.15, 0.2) is 53.8 Å². The fraction of sp³-hybridized carbons (Fsp3) is 0.0769. The summed E-state index contributed by atoms with van der Waals surface area (Å²) in [4.78, 5) is 4.16. The second kappa shape index (κ2) is 5.65. The second-order valence-corrected chi connectivity index (χ2v) is 3.47. The zero-order valence-corrected chi connectivity index (χ0v) is 9.24. The van der Waals surface area contributed by atoms with Gasteiger partial charge in [-0.2, -0.15) is 5.10 Å². The molecular formula is C13H13N3O. The Morgan fingerprint density at radius 1 is 1.18 bits per heavy atom. The van der Waals surface area contributed by atoms with Crippen LogP contribution in [-0.2, 0) is 6.54 Å². The van der Waals surface area contributed by atoms with Crippen molar-refractivity contribution in [3.8, 4) is 5.75 Å². The molecule has 2 N–H and O–H groups in total. The highest BCUT2D eigenvalue weighted by molar-refractivity contribution is 5.82. The number of aromatic hydroxyl groups is 1. The van der Waals surface area contributed by atoms with Crippen LogP contribution in [0.4, 0.5) is 0 Å². The normalized spacial score (nSPS) is 10.6. The van der Waals surface area contributed by atoms with Crippen molar-refractivity contribution in [2.24, 2.45) is 5.10 Å². The highest BCUT2D eigenvalue weighted by Gasteiger charge is 1.94. The average molecular weight is 227 g/mol. The molecule has 1 aromatic heterocycles. The molecule has 0 aliphatic heterocycles. The maximum absolute atomic E-state index is 9.50. The van der Waals surface area contributed by atoms with Crippen molar-refractivity contribution in [3.05, 3.63) is 59.9 Å². The Balaban J connectivity index is 1.89. The van der Waals surface area contributed by atoms with Crippen LogP contribution in [0, 0.1) is 0 Å². The predicted octanol–water partition coefficient (Wildman–Crippen LogP) is 1.91. The highest BCUT2D eigenvalue weighted by atomic mass is 16.3. The average Bonchev–Trinajstić information content (AvgIpc) is 2.38. The van der Waals surface area contributed by atoms with E-state index in [9.17, 15) is 5.11 Å².